The molecule has 1 aromatic heterocycles. The Balaban J connectivity index is 2.07. The number of nitrogens with one attached hydrogen (secondary N) is 2. The second kappa shape index (κ2) is 9.50. The molecule has 0 aliphatic rings. The standard InChI is InChI=1S/C21H31N5O2/c1-7-25(12-19(27)22-14(2)3)13-20(28)23-21-16(5)24-26(17(21)6)18-10-8-15(4)9-11-18/h8-11,14H,7,12-13H2,1-6H3,(H,22,27)(H,23,28). The van der Waals surface area contributed by atoms with Crippen LogP contribution in [0, 0.1) is 20.8 Å². The van der Waals surface area contributed by atoms with Gasteiger partial charge >= 0.3 is 0 Å². The molecular weight excluding hydrogens is 354 g/mol. The molecule has 2 amide bonds. The van der Waals surface area contributed by atoms with Gasteiger partial charge in [0.1, 0.15) is 0 Å². The first-order valence-electron chi connectivity index (χ1n) is 9.66. The van der Waals surface area contributed by atoms with Crippen LogP contribution in [-0.2, 0) is 9.59 Å². The van der Waals surface area contributed by atoms with Crippen molar-refractivity contribution in [2.24, 2.45) is 0 Å². The minimum Gasteiger partial charge on any atom is -0.353 e. The zero-order valence-corrected chi connectivity index (χ0v) is 17.7. The molecule has 1 heterocycles. The number of carbonyl (C=O) groups is 2. The maximum atomic E-state index is 12.6. The zero-order chi connectivity index (χ0) is 20.8. The second-order valence-electron chi connectivity index (χ2n) is 7.37. The van der Waals surface area contributed by atoms with Crippen molar-refractivity contribution in [2.45, 2.75) is 47.6 Å². The Morgan fingerprint density at radius 2 is 1.68 bits per heavy atom. The Morgan fingerprint density at radius 1 is 1.07 bits per heavy atom. The number of anilines is 1. The molecule has 2 rings (SSSR count). The summed E-state index contributed by atoms with van der Waals surface area (Å²) in [6, 6.07) is 8.16. The van der Waals surface area contributed by atoms with E-state index in [-0.39, 0.29) is 30.9 Å². The fourth-order valence-electron chi connectivity index (χ4n) is 2.99. The maximum absolute atomic E-state index is 12.6. The van der Waals surface area contributed by atoms with E-state index in [1.54, 1.807) is 0 Å². The SMILES string of the molecule is CCN(CC(=O)Nc1c(C)nn(-c2ccc(C)cc2)c1C)CC(=O)NC(C)C. The number of aryl methyl sites for hydroxylation is 2. The van der Waals surface area contributed by atoms with Crippen molar-refractivity contribution >= 4 is 17.5 Å². The molecule has 152 valence electrons. The van der Waals surface area contributed by atoms with E-state index < -0.39 is 0 Å². The summed E-state index contributed by atoms with van der Waals surface area (Å²) in [7, 11) is 0. The molecule has 28 heavy (non-hydrogen) atoms. The predicted molar refractivity (Wildman–Crippen MR) is 112 cm³/mol. The van der Waals surface area contributed by atoms with Crippen LogP contribution in [0.25, 0.3) is 5.69 Å². The second-order valence-corrected chi connectivity index (χ2v) is 7.37. The molecule has 0 atom stereocenters. The van der Waals surface area contributed by atoms with Gasteiger partial charge in [-0.2, -0.15) is 5.10 Å². The van der Waals surface area contributed by atoms with Crippen molar-refractivity contribution in [3.63, 3.8) is 0 Å². The molecule has 0 aliphatic carbocycles. The topological polar surface area (TPSA) is 79.3 Å². The summed E-state index contributed by atoms with van der Waals surface area (Å²) in [5.74, 6) is -0.238. The highest BCUT2D eigenvalue weighted by atomic mass is 16.2. The van der Waals surface area contributed by atoms with E-state index in [1.165, 1.54) is 5.56 Å². The fraction of sp³-hybridized carbons (Fsp3) is 0.476. The van der Waals surface area contributed by atoms with E-state index in [2.05, 4.69) is 15.7 Å². The van der Waals surface area contributed by atoms with Crippen LogP contribution in [0.5, 0.6) is 0 Å². The highest BCUT2D eigenvalue weighted by Crippen LogP contribution is 2.23. The largest absolute Gasteiger partial charge is 0.353 e. The average molecular weight is 386 g/mol. The summed E-state index contributed by atoms with van der Waals surface area (Å²) in [4.78, 5) is 26.3. The van der Waals surface area contributed by atoms with Crippen molar-refractivity contribution in [1.82, 2.24) is 20.0 Å². The van der Waals surface area contributed by atoms with Gasteiger partial charge in [-0.3, -0.25) is 14.5 Å². The number of rotatable bonds is 8. The van der Waals surface area contributed by atoms with Crippen LogP contribution in [0.1, 0.15) is 37.7 Å². The molecule has 0 radical (unpaired) electrons. The average Bonchev–Trinajstić information content (AvgIpc) is 2.89. The van der Waals surface area contributed by atoms with Gasteiger partial charge < -0.3 is 10.6 Å². The van der Waals surface area contributed by atoms with Gasteiger partial charge in [-0.25, -0.2) is 4.68 Å². The molecule has 0 saturated carbocycles. The molecular formula is C21H31N5O2. The highest BCUT2D eigenvalue weighted by Gasteiger charge is 2.18. The number of amides is 2. The lowest BCUT2D eigenvalue weighted by Crippen LogP contribution is -2.42. The van der Waals surface area contributed by atoms with Crippen LogP contribution in [-0.4, -0.2) is 52.2 Å². The van der Waals surface area contributed by atoms with Gasteiger partial charge in [0.2, 0.25) is 11.8 Å². The first-order valence-corrected chi connectivity index (χ1v) is 9.66. The summed E-state index contributed by atoms with van der Waals surface area (Å²) < 4.78 is 1.83. The Morgan fingerprint density at radius 3 is 2.25 bits per heavy atom. The van der Waals surface area contributed by atoms with Crippen LogP contribution in [0.4, 0.5) is 5.69 Å². The van der Waals surface area contributed by atoms with Crippen molar-refractivity contribution in [1.29, 1.82) is 0 Å². The summed E-state index contributed by atoms with van der Waals surface area (Å²) in [6.45, 7) is 12.6. The van der Waals surface area contributed by atoms with Crippen LogP contribution in [0.15, 0.2) is 24.3 Å². The zero-order valence-electron chi connectivity index (χ0n) is 17.7. The molecule has 0 bridgehead atoms. The van der Waals surface area contributed by atoms with Crippen molar-refractivity contribution in [3.05, 3.63) is 41.2 Å². The first kappa shape index (κ1) is 21.6. The Bertz CT molecular complexity index is 824. The molecule has 0 spiro atoms. The van der Waals surface area contributed by atoms with Gasteiger partial charge in [0.15, 0.2) is 0 Å². The van der Waals surface area contributed by atoms with Gasteiger partial charge in [-0.05, 0) is 53.3 Å². The third kappa shape index (κ3) is 5.66. The van der Waals surface area contributed by atoms with Gasteiger partial charge in [0, 0.05) is 6.04 Å². The number of hydrogen-bond donors (Lipinski definition) is 2. The van der Waals surface area contributed by atoms with Crippen LogP contribution >= 0.6 is 0 Å². The van der Waals surface area contributed by atoms with Crippen molar-refractivity contribution in [2.75, 3.05) is 25.0 Å². The maximum Gasteiger partial charge on any atom is 0.238 e. The molecule has 0 saturated heterocycles. The monoisotopic (exact) mass is 385 g/mol. The van der Waals surface area contributed by atoms with E-state index in [1.807, 2.05) is 75.4 Å². The van der Waals surface area contributed by atoms with E-state index in [4.69, 9.17) is 0 Å². The number of aromatic nitrogens is 2. The molecule has 0 unspecified atom stereocenters. The highest BCUT2D eigenvalue weighted by molar-refractivity contribution is 5.93. The quantitative estimate of drug-likeness (QED) is 0.732. The van der Waals surface area contributed by atoms with E-state index in [9.17, 15) is 9.59 Å². The van der Waals surface area contributed by atoms with Gasteiger partial charge in [-0.1, -0.05) is 24.6 Å². The number of hydrogen-bond acceptors (Lipinski definition) is 4. The van der Waals surface area contributed by atoms with Crippen LogP contribution in [0.2, 0.25) is 0 Å². The van der Waals surface area contributed by atoms with E-state index in [0.717, 1.165) is 17.1 Å². The van der Waals surface area contributed by atoms with Crippen molar-refractivity contribution < 1.29 is 9.59 Å². The molecule has 7 nitrogen and oxygen atoms in total. The molecule has 7 heteroatoms. The van der Waals surface area contributed by atoms with Crippen molar-refractivity contribution in [3.8, 4) is 5.69 Å². The summed E-state index contributed by atoms with van der Waals surface area (Å²) in [5.41, 5.74) is 4.47. The molecule has 2 aromatic rings. The Labute approximate surface area is 167 Å². The summed E-state index contributed by atoms with van der Waals surface area (Å²) in [6.07, 6.45) is 0. The number of nitrogens with zero attached hydrogens (tertiary/aromatic N) is 3. The lowest BCUT2D eigenvalue weighted by Gasteiger charge is -2.20. The molecule has 0 aliphatic heterocycles. The normalized spacial score (nSPS) is 11.1. The van der Waals surface area contributed by atoms with Gasteiger partial charge in [0.05, 0.1) is 35.9 Å². The van der Waals surface area contributed by atoms with Crippen LogP contribution < -0.4 is 10.6 Å². The van der Waals surface area contributed by atoms with Gasteiger partial charge in [-0.15, -0.1) is 0 Å². The first-order chi connectivity index (χ1) is 13.2. The number of likely N-dealkylation sites (N-methyl/N-ethyl adjacent to an activating group) is 1. The lowest BCUT2D eigenvalue weighted by molar-refractivity contribution is -0.123. The van der Waals surface area contributed by atoms with E-state index in [0.29, 0.717) is 12.2 Å². The molecule has 1 aromatic carbocycles. The minimum atomic E-state index is -0.158. The van der Waals surface area contributed by atoms with Gasteiger partial charge in [0.25, 0.3) is 0 Å². The number of benzene rings is 1. The number of carbonyl (C=O) groups excluding carboxylic acids is 2. The Kier molecular flexibility index (Phi) is 7.34. The third-order valence-electron chi connectivity index (χ3n) is 4.47. The molecule has 2 N–H and O–H groups in total. The van der Waals surface area contributed by atoms with E-state index >= 15 is 0 Å². The minimum absolute atomic E-state index is 0.0794. The smallest absolute Gasteiger partial charge is 0.238 e. The fourth-order valence-corrected chi connectivity index (χ4v) is 2.99. The summed E-state index contributed by atoms with van der Waals surface area (Å²) in [5, 5.41) is 10.4. The third-order valence-corrected chi connectivity index (χ3v) is 4.47. The predicted octanol–water partition coefficient (Wildman–Crippen LogP) is 2.58. The molecule has 0 fully saturated rings. The van der Waals surface area contributed by atoms with Crippen LogP contribution in [0.3, 0.4) is 0 Å². The Hall–Kier alpha value is -2.67. The summed E-state index contributed by atoms with van der Waals surface area (Å²) >= 11 is 0. The lowest BCUT2D eigenvalue weighted by atomic mass is 10.2.